The van der Waals surface area contributed by atoms with E-state index in [2.05, 4.69) is 51.8 Å². The highest BCUT2D eigenvalue weighted by molar-refractivity contribution is 5.79. The molecule has 24 heavy (non-hydrogen) atoms. The first kappa shape index (κ1) is 17.8. The standard InChI is InChI=1S/C19H27N5/c1-5-15-9-6-7-10-16(15)13-21-19(20-2)22-14-17-11-8-12-18(23-17)24(3)4/h6-12H,5,13-14H2,1-4H3,(H2,20,21,22). The average molecular weight is 325 g/mol. The van der Waals surface area contributed by atoms with E-state index in [4.69, 9.17) is 0 Å². The number of hydrogen-bond donors (Lipinski definition) is 2. The van der Waals surface area contributed by atoms with Crippen LogP contribution in [0.1, 0.15) is 23.7 Å². The lowest BCUT2D eigenvalue weighted by Crippen LogP contribution is -2.36. The Morgan fingerprint density at radius 3 is 2.38 bits per heavy atom. The molecule has 2 rings (SSSR count). The normalized spacial score (nSPS) is 11.2. The molecule has 2 N–H and O–H groups in total. The predicted octanol–water partition coefficient (Wildman–Crippen LogP) is 2.58. The van der Waals surface area contributed by atoms with E-state index in [1.54, 1.807) is 7.05 Å². The first-order valence-corrected chi connectivity index (χ1v) is 8.28. The minimum absolute atomic E-state index is 0.636. The number of benzene rings is 1. The van der Waals surface area contributed by atoms with E-state index in [9.17, 15) is 0 Å². The molecule has 2 aromatic rings. The molecule has 1 aromatic heterocycles. The molecule has 5 heteroatoms. The summed E-state index contributed by atoms with van der Waals surface area (Å²) in [6, 6.07) is 14.5. The lowest BCUT2D eigenvalue weighted by molar-refractivity contribution is 0.788. The van der Waals surface area contributed by atoms with E-state index in [0.29, 0.717) is 6.54 Å². The Balaban J connectivity index is 1.92. The lowest BCUT2D eigenvalue weighted by Gasteiger charge is -2.15. The summed E-state index contributed by atoms with van der Waals surface area (Å²) in [7, 11) is 5.77. The van der Waals surface area contributed by atoms with Crippen LogP contribution in [-0.4, -0.2) is 32.1 Å². The van der Waals surface area contributed by atoms with Crippen molar-refractivity contribution in [1.29, 1.82) is 0 Å². The van der Waals surface area contributed by atoms with Gasteiger partial charge in [0.2, 0.25) is 0 Å². The van der Waals surface area contributed by atoms with Crippen LogP contribution >= 0.6 is 0 Å². The maximum absolute atomic E-state index is 4.60. The predicted molar refractivity (Wildman–Crippen MR) is 101 cm³/mol. The van der Waals surface area contributed by atoms with E-state index in [1.165, 1.54) is 11.1 Å². The van der Waals surface area contributed by atoms with Crippen molar-refractivity contribution in [1.82, 2.24) is 15.6 Å². The number of aliphatic imine (C=N–C) groups is 1. The van der Waals surface area contributed by atoms with Crippen LogP contribution in [0.5, 0.6) is 0 Å². The van der Waals surface area contributed by atoms with Gasteiger partial charge in [-0.25, -0.2) is 4.98 Å². The first-order chi connectivity index (χ1) is 11.6. The number of rotatable bonds is 6. The fourth-order valence-corrected chi connectivity index (χ4v) is 2.46. The summed E-state index contributed by atoms with van der Waals surface area (Å²) < 4.78 is 0. The molecule has 1 heterocycles. The second-order valence-electron chi connectivity index (χ2n) is 5.78. The number of aryl methyl sites for hydroxylation is 1. The Kier molecular flexibility index (Phi) is 6.61. The average Bonchev–Trinajstić information content (AvgIpc) is 2.62. The zero-order valence-corrected chi connectivity index (χ0v) is 15.0. The molecule has 0 spiro atoms. The number of guanidine groups is 1. The van der Waals surface area contributed by atoms with Crippen molar-refractivity contribution in [2.75, 3.05) is 26.0 Å². The van der Waals surface area contributed by atoms with Gasteiger partial charge in [0, 0.05) is 27.7 Å². The van der Waals surface area contributed by atoms with Crippen molar-refractivity contribution in [3.8, 4) is 0 Å². The van der Waals surface area contributed by atoms with E-state index in [0.717, 1.165) is 30.4 Å². The third kappa shape index (κ3) is 4.98. The molecule has 0 amide bonds. The molecule has 0 fully saturated rings. The Labute approximate surface area is 144 Å². The fourth-order valence-electron chi connectivity index (χ4n) is 2.46. The minimum atomic E-state index is 0.636. The number of aromatic nitrogens is 1. The molecule has 0 unspecified atom stereocenters. The maximum atomic E-state index is 4.60. The highest BCUT2D eigenvalue weighted by Gasteiger charge is 2.04. The summed E-state index contributed by atoms with van der Waals surface area (Å²) in [6.07, 6.45) is 1.03. The largest absolute Gasteiger partial charge is 0.363 e. The second kappa shape index (κ2) is 8.91. The lowest BCUT2D eigenvalue weighted by atomic mass is 10.1. The van der Waals surface area contributed by atoms with E-state index in [1.807, 2.05) is 37.2 Å². The quantitative estimate of drug-likeness (QED) is 0.633. The van der Waals surface area contributed by atoms with E-state index < -0.39 is 0 Å². The van der Waals surface area contributed by atoms with Crippen molar-refractivity contribution < 1.29 is 0 Å². The number of nitrogens with zero attached hydrogens (tertiary/aromatic N) is 3. The van der Waals surface area contributed by atoms with Gasteiger partial charge in [0.25, 0.3) is 0 Å². The van der Waals surface area contributed by atoms with Crippen molar-refractivity contribution in [2.24, 2.45) is 4.99 Å². The topological polar surface area (TPSA) is 52.6 Å². The Hall–Kier alpha value is -2.56. The van der Waals surface area contributed by atoms with Gasteiger partial charge >= 0.3 is 0 Å². The summed E-state index contributed by atoms with van der Waals surface area (Å²) in [5.41, 5.74) is 3.65. The van der Waals surface area contributed by atoms with Gasteiger partial charge in [-0.1, -0.05) is 37.3 Å². The molecule has 0 atom stereocenters. The van der Waals surface area contributed by atoms with Crippen LogP contribution in [0.25, 0.3) is 0 Å². The van der Waals surface area contributed by atoms with Crippen molar-refractivity contribution in [3.05, 3.63) is 59.3 Å². The van der Waals surface area contributed by atoms with E-state index in [-0.39, 0.29) is 0 Å². The van der Waals surface area contributed by atoms with Crippen LogP contribution in [0.4, 0.5) is 5.82 Å². The molecule has 128 valence electrons. The molecule has 0 radical (unpaired) electrons. The number of hydrogen-bond acceptors (Lipinski definition) is 3. The highest BCUT2D eigenvalue weighted by Crippen LogP contribution is 2.09. The van der Waals surface area contributed by atoms with Gasteiger partial charge in [-0.2, -0.15) is 0 Å². The summed E-state index contributed by atoms with van der Waals surface area (Å²) >= 11 is 0. The molecule has 0 aliphatic heterocycles. The second-order valence-corrected chi connectivity index (χ2v) is 5.78. The molecule has 0 saturated carbocycles. The molecular weight excluding hydrogens is 298 g/mol. The Morgan fingerprint density at radius 2 is 1.71 bits per heavy atom. The Morgan fingerprint density at radius 1 is 1.00 bits per heavy atom. The summed E-state index contributed by atoms with van der Waals surface area (Å²) in [5, 5.41) is 6.69. The van der Waals surface area contributed by atoms with Crippen molar-refractivity contribution >= 4 is 11.8 Å². The van der Waals surface area contributed by atoms with Crippen molar-refractivity contribution in [2.45, 2.75) is 26.4 Å². The number of nitrogens with one attached hydrogen (secondary N) is 2. The van der Waals surface area contributed by atoms with Gasteiger partial charge in [-0.15, -0.1) is 0 Å². The first-order valence-electron chi connectivity index (χ1n) is 8.28. The molecule has 0 aliphatic rings. The molecular formula is C19H27N5. The highest BCUT2D eigenvalue weighted by atomic mass is 15.2. The zero-order chi connectivity index (χ0) is 17.4. The van der Waals surface area contributed by atoms with Crippen molar-refractivity contribution in [3.63, 3.8) is 0 Å². The fraction of sp³-hybridized carbons (Fsp3) is 0.368. The summed E-state index contributed by atoms with van der Waals surface area (Å²) in [5.74, 6) is 1.73. The van der Waals surface area contributed by atoms with Gasteiger partial charge in [0.1, 0.15) is 5.82 Å². The minimum Gasteiger partial charge on any atom is -0.363 e. The SMILES string of the molecule is CCc1ccccc1CNC(=NC)NCc1cccc(N(C)C)n1. The van der Waals surface area contributed by atoms with Gasteiger partial charge in [-0.05, 0) is 29.7 Å². The van der Waals surface area contributed by atoms with Crippen LogP contribution in [0, 0.1) is 0 Å². The molecule has 0 bridgehead atoms. The van der Waals surface area contributed by atoms with Crippen LogP contribution < -0.4 is 15.5 Å². The summed E-state index contributed by atoms with van der Waals surface area (Å²) in [6.45, 7) is 3.57. The van der Waals surface area contributed by atoms with Gasteiger partial charge < -0.3 is 15.5 Å². The number of anilines is 1. The van der Waals surface area contributed by atoms with Crippen LogP contribution in [-0.2, 0) is 19.5 Å². The molecule has 0 saturated heterocycles. The zero-order valence-electron chi connectivity index (χ0n) is 15.0. The Bertz CT molecular complexity index is 679. The van der Waals surface area contributed by atoms with E-state index >= 15 is 0 Å². The third-order valence-electron chi connectivity index (χ3n) is 3.86. The molecule has 5 nitrogen and oxygen atoms in total. The monoisotopic (exact) mass is 325 g/mol. The van der Waals surface area contributed by atoms with Crippen LogP contribution in [0.15, 0.2) is 47.5 Å². The smallest absolute Gasteiger partial charge is 0.191 e. The van der Waals surface area contributed by atoms with Crippen LogP contribution in [0.2, 0.25) is 0 Å². The summed E-state index contributed by atoms with van der Waals surface area (Å²) in [4.78, 5) is 10.9. The van der Waals surface area contributed by atoms with Gasteiger partial charge in [0.15, 0.2) is 5.96 Å². The van der Waals surface area contributed by atoms with Gasteiger partial charge in [-0.3, -0.25) is 4.99 Å². The molecule has 0 aliphatic carbocycles. The molecule has 1 aromatic carbocycles. The van der Waals surface area contributed by atoms with Gasteiger partial charge in [0.05, 0.1) is 12.2 Å². The third-order valence-corrected chi connectivity index (χ3v) is 3.86. The maximum Gasteiger partial charge on any atom is 0.191 e. The number of pyridine rings is 1. The van der Waals surface area contributed by atoms with Crippen LogP contribution in [0.3, 0.4) is 0 Å².